The second kappa shape index (κ2) is 8.93. The number of aliphatic imine (C=N–C) groups is 1. The Balaban J connectivity index is 1.64. The van der Waals surface area contributed by atoms with Crippen molar-refractivity contribution in [3.05, 3.63) is 38.8 Å². The van der Waals surface area contributed by atoms with Crippen LogP contribution in [0.2, 0.25) is 4.34 Å². The SMILES string of the molecule is CN=C(NCCCn1nc(C)cc1C)NCCc1ccc(Cl)s1. The number of aryl methyl sites for hydroxylation is 3. The largest absolute Gasteiger partial charge is 0.356 e. The van der Waals surface area contributed by atoms with Crippen molar-refractivity contribution in [1.29, 1.82) is 0 Å². The summed E-state index contributed by atoms with van der Waals surface area (Å²) < 4.78 is 2.89. The number of hydrogen-bond acceptors (Lipinski definition) is 3. The maximum absolute atomic E-state index is 5.93. The van der Waals surface area contributed by atoms with E-state index in [4.69, 9.17) is 11.6 Å². The maximum Gasteiger partial charge on any atom is 0.190 e. The molecule has 7 heteroatoms. The van der Waals surface area contributed by atoms with Gasteiger partial charge in [-0.1, -0.05) is 11.6 Å². The van der Waals surface area contributed by atoms with Crippen molar-refractivity contribution in [2.75, 3.05) is 20.1 Å². The fraction of sp³-hybridized carbons (Fsp3) is 0.500. The zero-order valence-electron chi connectivity index (χ0n) is 13.9. The number of rotatable bonds is 7. The molecule has 0 spiro atoms. The highest BCUT2D eigenvalue weighted by Gasteiger charge is 2.02. The van der Waals surface area contributed by atoms with Crippen LogP contribution in [0.15, 0.2) is 23.2 Å². The Morgan fingerprint density at radius 1 is 1.30 bits per heavy atom. The Kier molecular flexibility index (Phi) is 6.92. The minimum atomic E-state index is 0.834. The molecule has 2 heterocycles. The van der Waals surface area contributed by atoms with E-state index in [0.29, 0.717) is 0 Å². The molecule has 0 atom stereocenters. The van der Waals surface area contributed by atoms with E-state index in [1.807, 2.05) is 17.7 Å². The van der Waals surface area contributed by atoms with Gasteiger partial charge in [0.05, 0.1) is 10.0 Å². The number of halogens is 1. The first-order chi connectivity index (χ1) is 11.1. The molecule has 0 fully saturated rings. The predicted molar refractivity (Wildman–Crippen MR) is 98.7 cm³/mol. The Bertz CT molecular complexity index is 647. The van der Waals surface area contributed by atoms with Crippen LogP contribution in [0.4, 0.5) is 0 Å². The van der Waals surface area contributed by atoms with E-state index in [9.17, 15) is 0 Å². The molecule has 2 rings (SSSR count). The molecule has 5 nitrogen and oxygen atoms in total. The second-order valence-corrected chi connectivity index (χ2v) is 7.19. The van der Waals surface area contributed by atoms with Crippen LogP contribution >= 0.6 is 22.9 Å². The van der Waals surface area contributed by atoms with Crippen molar-refractivity contribution < 1.29 is 0 Å². The van der Waals surface area contributed by atoms with E-state index in [-0.39, 0.29) is 0 Å². The van der Waals surface area contributed by atoms with Gasteiger partial charge in [-0.3, -0.25) is 9.67 Å². The summed E-state index contributed by atoms with van der Waals surface area (Å²) in [6, 6.07) is 6.11. The second-order valence-electron chi connectivity index (χ2n) is 5.39. The van der Waals surface area contributed by atoms with Gasteiger partial charge in [0.1, 0.15) is 0 Å². The maximum atomic E-state index is 5.93. The fourth-order valence-electron chi connectivity index (χ4n) is 2.35. The molecule has 126 valence electrons. The first kappa shape index (κ1) is 17.8. The van der Waals surface area contributed by atoms with E-state index in [0.717, 1.165) is 48.5 Å². The van der Waals surface area contributed by atoms with Gasteiger partial charge >= 0.3 is 0 Å². The zero-order valence-corrected chi connectivity index (χ0v) is 15.5. The fourth-order valence-corrected chi connectivity index (χ4v) is 3.43. The summed E-state index contributed by atoms with van der Waals surface area (Å²) in [4.78, 5) is 5.52. The van der Waals surface area contributed by atoms with Crippen LogP contribution in [0.5, 0.6) is 0 Å². The van der Waals surface area contributed by atoms with Crippen molar-refractivity contribution in [3.8, 4) is 0 Å². The Labute approximate surface area is 146 Å². The number of nitrogens with one attached hydrogen (secondary N) is 2. The zero-order chi connectivity index (χ0) is 16.7. The molecule has 0 aliphatic heterocycles. The topological polar surface area (TPSA) is 54.2 Å². The molecule has 0 aromatic carbocycles. The van der Waals surface area contributed by atoms with Crippen LogP contribution in [0, 0.1) is 13.8 Å². The molecular formula is C16H24ClN5S. The smallest absolute Gasteiger partial charge is 0.190 e. The minimum Gasteiger partial charge on any atom is -0.356 e. The molecule has 0 bridgehead atoms. The lowest BCUT2D eigenvalue weighted by atomic mass is 10.3. The molecule has 0 unspecified atom stereocenters. The van der Waals surface area contributed by atoms with Gasteiger partial charge < -0.3 is 10.6 Å². The lowest BCUT2D eigenvalue weighted by Crippen LogP contribution is -2.38. The number of thiophene rings is 1. The Morgan fingerprint density at radius 2 is 2.09 bits per heavy atom. The summed E-state index contributed by atoms with van der Waals surface area (Å²) in [6.07, 6.45) is 1.95. The average Bonchev–Trinajstić information content (AvgIpc) is 3.07. The summed E-state index contributed by atoms with van der Waals surface area (Å²) in [5.41, 5.74) is 2.28. The summed E-state index contributed by atoms with van der Waals surface area (Å²) in [5.74, 6) is 0.834. The Hall–Kier alpha value is -1.53. The molecule has 23 heavy (non-hydrogen) atoms. The van der Waals surface area contributed by atoms with Crippen LogP contribution in [0.3, 0.4) is 0 Å². The van der Waals surface area contributed by atoms with Crippen molar-refractivity contribution in [2.24, 2.45) is 4.99 Å². The van der Waals surface area contributed by atoms with Gasteiger partial charge in [0, 0.05) is 37.3 Å². The molecule has 0 amide bonds. The summed E-state index contributed by atoms with van der Waals surface area (Å²) in [5, 5.41) is 11.1. The van der Waals surface area contributed by atoms with Gasteiger partial charge in [-0.25, -0.2) is 0 Å². The number of nitrogens with zero attached hydrogens (tertiary/aromatic N) is 3. The number of hydrogen-bond donors (Lipinski definition) is 2. The van der Waals surface area contributed by atoms with Crippen LogP contribution < -0.4 is 10.6 Å². The number of aromatic nitrogens is 2. The highest BCUT2D eigenvalue weighted by atomic mass is 35.5. The first-order valence-corrected chi connectivity index (χ1v) is 8.97. The molecule has 0 aliphatic carbocycles. The van der Waals surface area contributed by atoms with Crippen molar-refractivity contribution in [3.63, 3.8) is 0 Å². The van der Waals surface area contributed by atoms with Gasteiger partial charge in [-0.2, -0.15) is 5.10 Å². The first-order valence-electron chi connectivity index (χ1n) is 7.78. The van der Waals surface area contributed by atoms with Crippen molar-refractivity contribution >= 4 is 28.9 Å². The molecule has 0 saturated heterocycles. The predicted octanol–water partition coefficient (Wildman–Crippen LogP) is 3.01. The molecule has 0 aliphatic rings. The summed E-state index contributed by atoms with van der Waals surface area (Å²) >= 11 is 7.56. The van der Waals surface area contributed by atoms with Crippen molar-refractivity contribution in [2.45, 2.75) is 33.2 Å². The average molecular weight is 354 g/mol. The van der Waals surface area contributed by atoms with Crippen molar-refractivity contribution in [1.82, 2.24) is 20.4 Å². The van der Waals surface area contributed by atoms with Crippen LogP contribution in [-0.2, 0) is 13.0 Å². The monoisotopic (exact) mass is 353 g/mol. The summed E-state index contributed by atoms with van der Waals surface area (Å²) in [6.45, 7) is 6.73. The van der Waals surface area contributed by atoms with Gasteiger partial charge in [-0.05, 0) is 44.9 Å². The quantitative estimate of drug-likeness (QED) is 0.457. The minimum absolute atomic E-state index is 0.834. The normalized spacial score (nSPS) is 11.7. The van der Waals surface area contributed by atoms with Gasteiger partial charge in [0.25, 0.3) is 0 Å². The van der Waals surface area contributed by atoms with E-state index in [1.165, 1.54) is 10.6 Å². The molecular weight excluding hydrogens is 330 g/mol. The van der Waals surface area contributed by atoms with Crippen LogP contribution in [-0.4, -0.2) is 35.9 Å². The lowest BCUT2D eigenvalue weighted by molar-refractivity contribution is 0.555. The number of guanidine groups is 1. The van der Waals surface area contributed by atoms with E-state index < -0.39 is 0 Å². The highest BCUT2D eigenvalue weighted by molar-refractivity contribution is 7.16. The van der Waals surface area contributed by atoms with Gasteiger partial charge in [0.15, 0.2) is 5.96 Å². The molecule has 0 saturated carbocycles. The van der Waals surface area contributed by atoms with Gasteiger partial charge in [-0.15, -0.1) is 11.3 Å². The molecule has 2 aromatic rings. The summed E-state index contributed by atoms with van der Waals surface area (Å²) in [7, 11) is 1.79. The molecule has 2 N–H and O–H groups in total. The third kappa shape index (κ3) is 5.88. The third-order valence-electron chi connectivity index (χ3n) is 3.46. The third-order valence-corrected chi connectivity index (χ3v) is 4.75. The molecule has 2 aromatic heterocycles. The van der Waals surface area contributed by atoms with Gasteiger partial charge in [0.2, 0.25) is 0 Å². The lowest BCUT2D eigenvalue weighted by Gasteiger charge is -2.11. The van der Waals surface area contributed by atoms with E-state index in [2.05, 4.69) is 39.8 Å². The standard InChI is InChI=1S/C16H24ClN5S/c1-12-11-13(2)22(21-12)10-4-8-19-16(18-3)20-9-7-14-5-6-15(17)23-14/h5-6,11H,4,7-10H2,1-3H3,(H2,18,19,20). The molecule has 0 radical (unpaired) electrons. The van der Waals surface area contributed by atoms with Crippen LogP contribution in [0.1, 0.15) is 22.7 Å². The highest BCUT2D eigenvalue weighted by Crippen LogP contribution is 2.21. The van der Waals surface area contributed by atoms with E-state index in [1.54, 1.807) is 18.4 Å². The van der Waals surface area contributed by atoms with E-state index >= 15 is 0 Å². The van der Waals surface area contributed by atoms with Crippen LogP contribution in [0.25, 0.3) is 0 Å². The Morgan fingerprint density at radius 3 is 2.70 bits per heavy atom.